The van der Waals surface area contributed by atoms with Crippen molar-refractivity contribution in [1.82, 2.24) is 0 Å². The van der Waals surface area contributed by atoms with Gasteiger partial charge in [0.2, 0.25) is 0 Å². The lowest BCUT2D eigenvalue weighted by Crippen LogP contribution is -2.44. The Balaban J connectivity index is 1.87. The van der Waals surface area contributed by atoms with Gasteiger partial charge in [-0.2, -0.15) is 0 Å². The summed E-state index contributed by atoms with van der Waals surface area (Å²) in [6, 6.07) is 12.0. The van der Waals surface area contributed by atoms with Crippen molar-refractivity contribution < 1.29 is 14.6 Å². The van der Waals surface area contributed by atoms with Crippen LogP contribution in [-0.4, -0.2) is 24.2 Å². The number of hydrogen-bond acceptors (Lipinski definition) is 3. The van der Waals surface area contributed by atoms with E-state index in [0.29, 0.717) is 22.9 Å². The lowest BCUT2D eigenvalue weighted by atomic mass is 10.1. The minimum absolute atomic E-state index is 0.108. The average Bonchev–Trinajstić information content (AvgIpc) is 2.46. The molecule has 2 aromatic carbocycles. The van der Waals surface area contributed by atoms with Crippen LogP contribution in [0.15, 0.2) is 42.5 Å². The fourth-order valence-corrected chi connectivity index (χ4v) is 2.50. The third kappa shape index (κ3) is 2.67. The molecule has 1 N–H and O–H groups in total. The number of fused-ring (bicyclic) bond motifs is 1. The Morgan fingerprint density at radius 3 is 2.67 bits per heavy atom. The van der Waals surface area contributed by atoms with Gasteiger partial charge in [0.1, 0.15) is 11.5 Å². The van der Waals surface area contributed by atoms with Crippen LogP contribution in [0.4, 0.5) is 5.69 Å². The number of halogens is 1. The van der Waals surface area contributed by atoms with Crippen LogP contribution in [0.2, 0.25) is 5.02 Å². The van der Waals surface area contributed by atoms with Crippen molar-refractivity contribution >= 4 is 23.2 Å². The highest BCUT2D eigenvalue weighted by Crippen LogP contribution is 2.36. The summed E-state index contributed by atoms with van der Waals surface area (Å²) in [5, 5.41) is 10.2. The van der Waals surface area contributed by atoms with E-state index < -0.39 is 6.10 Å². The molecule has 0 saturated heterocycles. The smallest absolute Gasteiger partial charge is 0.268 e. The van der Waals surface area contributed by atoms with Gasteiger partial charge in [0.25, 0.3) is 5.91 Å². The second-order valence-electron chi connectivity index (χ2n) is 4.99. The predicted molar refractivity (Wildman–Crippen MR) is 81.1 cm³/mol. The van der Waals surface area contributed by atoms with E-state index in [1.165, 1.54) is 12.1 Å². The number of ether oxygens (including phenoxy) is 1. The normalized spacial score (nSPS) is 17.3. The Kier molecular flexibility index (Phi) is 3.47. The number of rotatable bonds is 2. The summed E-state index contributed by atoms with van der Waals surface area (Å²) < 4.78 is 5.75. The van der Waals surface area contributed by atoms with Crippen LogP contribution in [0.3, 0.4) is 0 Å². The maximum Gasteiger partial charge on any atom is 0.268 e. The molecular weight excluding hydrogens is 290 g/mol. The van der Waals surface area contributed by atoms with Gasteiger partial charge in [0.05, 0.1) is 5.69 Å². The molecule has 0 radical (unpaired) electrons. The number of phenols is 1. The standard InChI is InChI=1S/C16H14ClNO3/c1-18-13-7-6-12(19)9-14(13)21-15(16(18)20)8-10-2-4-11(17)5-3-10/h2-7,9,15,19H,8H2,1H3. The molecule has 2 aromatic rings. The maximum absolute atomic E-state index is 12.4. The monoisotopic (exact) mass is 303 g/mol. The second kappa shape index (κ2) is 5.30. The van der Waals surface area contributed by atoms with Crippen molar-refractivity contribution in [2.45, 2.75) is 12.5 Å². The minimum atomic E-state index is -0.606. The minimum Gasteiger partial charge on any atom is -0.508 e. The largest absolute Gasteiger partial charge is 0.508 e. The molecule has 1 atom stereocenters. The molecule has 4 nitrogen and oxygen atoms in total. The predicted octanol–water partition coefficient (Wildman–Crippen LogP) is 3.01. The first kappa shape index (κ1) is 13.8. The van der Waals surface area contributed by atoms with Crippen LogP contribution < -0.4 is 9.64 Å². The van der Waals surface area contributed by atoms with Crippen molar-refractivity contribution in [1.29, 1.82) is 0 Å². The number of nitrogens with zero attached hydrogens (tertiary/aromatic N) is 1. The Labute approximate surface area is 127 Å². The van der Waals surface area contributed by atoms with Crippen LogP contribution >= 0.6 is 11.6 Å². The number of hydrogen-bond donors (Lipinski definition) is 1. The first-order valence-electron chi connectivity index (χ1n) is 6.56. The van der Waals surface area contributed by atoms with E-state index >= 15 is 0 Å². The van der Waals surface area contributed by atoms with Crippen molar-refractivity contribution in [2.24, 2.45) is 0 Å². The molecule has 0 fully saturated rings. The number of benzene rings is 2. The lowest BCUT2D eigenvalue weighted by Gasteiger charge is -2.32. The topological polar surface area (TPSA) is 49.8 Å². The van der Waals surface area contributed by atoms with Crippen molar-refractivity contribution in [3.05, 3.63) is 53.1 Å². The highest BCUT2D eigenvalue weighted by atomic mass is 35.5. The lowest BCUT2D eigenvalue weighted by molar-refractivity contribution is -0.125. The molecule has 1 aliphatic heterocycles. The molecule has 0 spiro atoms. The first-order valence-corrected chi connectivity index (χ1v) is 6.94. The summed E-state index contributed by atoms with van der Waals surface area (Å²) in [6.45, 7) is 0. The number of carbonyl (C=O) groups is 1. The molecular formula is C16H14ClNO3. The first-order chi connectivity index (χ1) is 10.0. The van der Waals surface area contributed by atoms with E-state index in [9.17, 15) is 9.90 Å². The molecule has 3 rings (SSSR count). The molecule has 0 aliphatic carbocycles. The highest BCUT2D eigenvalue weighted by molar-refractivity contribution is 6.30. The molecule has 108 valence electrons. The Bertz CT molecular complexity index is 684. The Morgan fingerprint density at radius 2 is 1.95 bits per heavy atom. The quantitative estimate of drug-likeness (QED) is 0.928. The van der Waals surface area contributed by atoms with Gasteiger partial charge in [-0.3, -0.25) is 4.79 Å². The molecule has 5 heteroatoms. The summed E-state index contributed by atoms with van der Waals surface area (Å²) in [4.78, 5) is 13.9. The van der Waals surface area contributed by atoms with Crippen LogP contribution in [0, 0.1) is 0 Å². The molecule has 1 unspecified atom stereocenters. The van der Waals surface area contributed by atoms with Crippen molar-refractivity contribution in [2.75, 3.05) is 11.9 Å². The van der Waals surface area contributed by atoms with Gasteiger partial charge in [0, 0.05) is 24.6 Å². The number of aromatic hydroxyl groups is 1. The molecule has 1 aliphatic rings. The van der Waals surface area contributed by atoms with Crippen LogP contribution in [0.5, 0.6) is 11.5 Å². The third-order valence-corrected chi connectivity index (χ3v) is 3.77. The van der Waals surface area contributed by atoms with Crippen molar-refractivity contribution in [3.8, 4) is 11.5 Å². The Morgan fingerprint density at radius 1 is 1.24 bits per heavy atom. The molecule has 0 saturated carbocycles. The number of anilines is 1. The van der Waals surface area contributed by atoms with Crippen LogP contribution in [0.1, 0.15) is 5.56 Å². The zero-order chi connectivity index (χ0) is 15.0. The number of likely N-dealkylation sites (N-methyl/N-ethyl adjacent to an activating group) is 1. The maximum atomic E-state index is 12.4. The summed E-state index contributed by atoms with van der Waals surface area (Å²) in [7, 11) is 1.70. The van der Waals surface area contributed by atoms with Crippen LogP contribution in [0.25, 0.3) is 0 Å². The molecule has 21 heavy (non-hydrogen) atoms. The highest BCUT2D eigenvalue weighted by Gasteiger charge is 2.32. The van der Waals surface area contributed by atoms with E-state index in [-0.39, 0.29) is 11.7 Å². The van der Waals surface area contributed by atoms with Gasteiger partial charge in [-0.15, -0.1) is 0 Å². The number of carbonyl (C=O) groups excluding carboxylic acids is 1. The molecule has 1 amide bonds. The number of amides is 1. The summed E-state index contributed by atoms with van der Waals surface area (Å²) in [5.41, 5.74) is 1.62. The number of phenolic OH excluding ortho intramolecular Hbond substituents is 1. The van der Waals surface area contributed by atoms with Gasteiger partial charge in [-0.05, 0) is 29.8 Å². The zero-order valence-corrected chi connectivity index (χ0v) is 12.2. The third-order valence-electron chi connectivity index (χ3n) is 3.51. The summed E-state index contributed by atoms with van der Waals surface area (Å²) >= 11 is 5.86. The van der Waals surface area contributed by atoms with Gasteiger partial charge in [-0.1, -0.05) is 23.7 Å². The van der Waals surface area contributed by atoms with E-state index in [1.807, 2.05) is 12.1 Å². The zero-order valence-electron chi connectivity index (χ0n) is 11.4. The van der Waals surface area contributed by atoms with E-state index in [2.05, 4.69) is 0 Å². The second-order valence-corrected chi connectivity index (χ2v) is 5.42. The van der Waals surface area contributed by atoms with Crippen LogP contribution in [-0.2, 0) is 11.2 Å². The van der Waals surface area contributed by atoms with Crippen molar-refractivity contribution in [3.63, 3.8) is 0 Å². The Hall–Kier alpha value is -2.20. The van der Waals surface area contributed by atoms with E-state index in [4.69, 9.17) is 16.3 Å². The fourth-order valence-electron chi connectivity index (χ4n) is 2.38. The molecule has 1 heterocycles. The van der Waals surface area contributed by atoms with Gasteiger partial charge >= 0.3 is 0 Å². The van der Waals surface area contributed by atoms with Gasteiger partial charge in [0.15, 0.2) is 6.10 Å². The molecule has 0 bridgehead atoms. The summed E-state index contributed by atoms with van der Waals surface area (Å²) in [5.74, 6) is 0.515. The van der Waals surface area contributed by atoms with E-state index in [1.54, 1.807) is 30.1 Å². The average molecular weight is 304 g/mol. The van der Waals surface area contributed by atoms with Gasteiger partial charge < -0.3 is 14.7 Å². The summed E-state index contributed by atoms with van der Waals surface area (Å²) in [6.07, 6.45) is -0.152. The fraction of sp³-hybridized carbons (Fsp3) is 0.188. The SMILES string of the molecule is CN1C(=O)C(Cc2ccc(Cl)cc2)Oc2cc(O)ccc21. The molecule has 0 aromatic heterocycles. The van der Waals surface area contributed by atoms with Gasteiger partial charge in [-0.25, -0.2) is 0 Å². The van der Waals surface area contributed by atoms with E-state index in [0.717, 1.165) is 5.56 Å².